The molecule has 26 heavy (non-hydrogen) atoms. The first-order valence-corrected chi connectivity index (χ1v) is 9.35. The smallest absolute Gasteiger partial charge is 0.407 e. The molecular weight excluding hydrogens is 335 g/mol. The minimum atomic E-state index is -0.652. The lowest BCUT2D eigenvalue weighted by molar-refractivity contribution is -0.124. The Morgan fingerprint density at radius 3 is 2.35 bits per heavy atom. The number of alkyl carbamates (subject to hydrolysis) is 1. The predicted molar refractivity (Wildman–Crippen MR) is 98.3 cm³/mol. The Morgan fingerprint density at radius 1 is 1.19 bits per heavy atom. The number of amides is 2. The number of ether oxygens (including phenoxy) is 1. The Morgan fingerprint density at radius 2 is 1.81 bits per heavy atom. The molecule has 1 atom stereocenters. The zero-order chi connectivity index (χ0) is 19.2. The molecule has 0 bridgehead atoms. The second-order valence-corrected chi connectivity index (χ2v) is 7.30. The van der Waals surface area contributed by atoms with E-state index in [1.54, 1.807) is 6.92 Å². The Labute approximate surface area is 154 Å². The largest absolute Gasteiger partial charge is 0.450 e. The van der Waals surface area contributed by atoms with Crippen LogP contribution in [0, 0.1) is 11.7 Å². The molecule has 0 aromatic heterocycles. The van der Waals surface area contributed by atoms with E-state index in [1.807, 2.05) is 26.0 Å². The van der Waals surface area contributed by atoms with Gasteiger partial charge in [-0.15, -0.1) is 0 Å². The molecule has 0 saturated heterocycles. The highest BCUT2D eigenvalue weighted by molar-refractivity contribution is 5.85. The number of nitrogens with one attached hydrogen (secondary N) is 2. The van der Waals surface area contributed by atoms with E-state index in [9.17, 15) is 14.0 Å². The number of carbonyl (C=O) groups is 2. The van der Waals surface area contributed by atoms with Crippen LogP contribution in [0.1, 0.15) is 52.0 Å². The summed E-state index contributed by atoms with van der Waals surface area (Å²) in [6.07, 6.45) is 3.49. The minimum absolute atomic E-state index is 0.0650. The van der Waals surface area contributed by atoms with Gasteiger partial charge in [0, 0.05) is 12.0 Å². The van der Waals surface area contributed by atoms with Gasteiger partial charge in [-0.2, -0.15) is 0 Å². The van der Waals surface area contributed by atoms with Gasteiger partial charge in [0.2, 0.25) is 5.91 Å². The van der Waals surface area contributed by atoms with Gasteiger partial charge < -0.3 is 15.4 Å². The summed E-state index contributed by atoms with van der Waals surface area (Å²) in [6, 6.07) is 5.90. The Bertz CT molecular complexity index is 610. The van der Waals surface area contributed by atoms with Crippen molar-refractivity contribution in [3.63, 3.8) is 0 Å². The highest BCUT2D eigenvalue weighted by Gasteiger charge is 2.37. The Hall–Kier alpha value is -2.11. The third-order valence-electron chi connectivity index (χ3n) is 5.12. The quantitative estimate of drug-likeness (QED) is 0.778. The maximum absolute atomic E-state index is 13.3. The summed E-state index contributed by atoms with van der Waals surface area (Å²) in [5, 5.41) is 5.63. The van der Waals surface area contributed by atoms with Gasteiger partial charge in [0.15, 0.2) is 0 Å². The van der Waals surface area contributed by atoms with Crippen molar-refractivity contribution >= 4 is 12.0 Å². The predicted octanol–water partition coefficient (Wildman–Crippen LogP) is 3.52. The van der Waals surface area contributed by atoms with E-state index >= 15 is 0 Å². The third kappa shape index (κ3) is 4.96. The van der Waals surface area contributed by atoms with Crippen molar-refractivity contribution in [1.29, 1.82) is 0 Å². The van der Waals surface area contributed by atoms with E-state index in [-0.39, 0.29) is 29.7 Å². The molecule has 0 aliphatic heterocycles. The highest BCUT2D eigenvalue weighted by atomic mass is 19.1. The Balaban J connectivity index is 2.06. The third-order valence-corrected chi connectivity index (χ3v) is 5.12. The normalized spacial score (nSPS) is 17.0. The van der Waals surface area contributed by atoms with Gasteiger partial charge in [0.25, 0.3) is 0 Å². The van der Waals surface area contributed by atoms with Crippen molar-refractivity contribution < 1.29 is 18.7 Å². The van der Waals surface area contributed by atoms with Gasteiger partial charge in [-0.05, 0) is 43.4 Å². The topological polar surface area (TPSA) is 67.4 Å². The summed E-state index contributed by atoms with van der Waals surface area (Å²) in [5.41, 5.74) is 0.880. The average Bonchev–Trinajstić information content (AvgIpc) is 3.08. The van der Waals surface area contributed by atoms with Crippen LogP contribution in [0.3, 0.4) is 0 Å². The fourth-order valence-electron chi connectivity index (χ4n) is 3.62. The number of halogens is 1. The molecule has 0 spiro atoms. The summed E-state index contributed by atoms with van der Waals surface area (Å²) < 4.78 is 18.2. The highest BCUT2D eigenvalue weighted by Crippen LogP contribution is 2.40. The minimum Gasteiger partial charge on any atom is -0.450 e. The van der Waals surface area contributed by atoms with Crippen LogP contribution in [0.15, 0.2) is 24.3 Å². The molecular formula is C20H29FN2O3. The molecule has 2 N–H and O–H groups in total. The molecule has 1 unspecified atom stereocenters. The number of hydrogen-bond acceptors (Lipinski definition) is 3. The van der Waals surface area contributed by atoms with Crippen LogP contribution in [0.25, 0.3) is 0 Å². The summed E-state index contributed by atoms with van der Waals surface area (Å²) in [5.74, 6) is -0.546. The molecule has 0 radical (unpaired) electrons. The SMILES string of the molecule is CCOC(=O)NC(C(=O)NCC1(c2ccc(F)cc2)CCCC1)C(C)C. The molecule has 1 aromatic carbocycles. The van der Waals surface area contributed by atoms with Gasteiger partial charge >= 0.3 is 6.09 Å². The number of carbonyl (C=O) groups excluding carboxylic acids is 2. The van der Waals surface area contributed by atoms with Crippen LogP contribution >= 0.6 is 0 Å². The van der Waals surface area contributed by atoms with Crippen LogP contribution in [-0.4, -0.2) is 31.2 Å². The summed E-state index contributed by atoms with van der Waals surface area (Å²) in [7, 11) is 0. The van der Waals surface area contributed by atoms with Crippen LogP contribution < -0.4 is 10.6 Å². The first-order valence-electron chi connectivity index (χ1n) is 9.35. The fourth-order valence-corrected chi connectivity index (χ4v) is 3.62. The maximum atomic E-state index is 13.3. The standard InChI is InChI=1S/C20H29FN2O3/c1-4-26-19(25)23-17(14(2)3)18(24)22-13-20(11-5-6-12-20)15-7-9-16(21)10-8-15/h7-10,14,17H,4-6,11-13H2,1-3H3,(H,22,24)(H,23,25). The van der Waals surface area contributed by atoms with E-state index in [1.165, 1.54) is 12.1 Å². The van der Waals surface area contributed by atoms with E-state index < -0.39 is 12.1 Å². The lowest BCUT2D eigenvalue weighted by Gasteiger charge is -2.31. The number of benzene rings is 1. The average molecular weight is 364 g/mol. The molecule has 144 valence electrons. The second kappa shape index (κ2) is 9.01. The van der Waals surface area contributed by atoms with Gasteiger partial charge in [-0.1, -0.05) is 38.8 Å². The van der Waals surface area contributed by atoms with Gasteiger partial charge in [-0.3, -0.25) is 4.79 Å². The number of hydrogen-bond donors (Lipinski definition) is 2. The van der Waals surface area contributed by atoms with Gasteiger partial charge in [0.1, 0.15) is 11.9 Å². The molecule has 1 fully saturated rings. The molecule has 1 saturated carbocycles. The van der Waals surface area contributed by atoms with Crippen molar-refractivity contribution in [3.8, 4) is 0 Å². The van der Waals surface area contributed by atoms with E-state index in [2.05, 4.69) is 10.6 Å². The van der Waals surface area contributed by atoms with Crippen molar-refractivity contribution in [2.24, 2.45) is 5.92 Å². The summed E-state index contributed by atoms with van der Waals surface area (Å²) in [6.45, 7) is 6.21. The zero-order valence-electron chi connectivity index (χ0n) is 15.8. The molecule has 0 heterocycles. The van der Waals surface area contributed by atoms with Crippen molar-refractivity contribution in [3.05, 3.63) is 35.6 Å². The lowest BCUT2D eigenvalue weighted by atomic mass is 9.78. The van der Waals surface area contributed by atoms with Crippen molar-refractivity contribution in [2.45, 2.75) is 57.9 Å². The van der Waals surface area contributed by atoms with E-state index in [4.69, 9.17) is 4.74 Å². The zero-order valence-corrected chi connectivity index (χ0v) is 15.8. The van der Waals surface area contributed by atoms with E-state index in [0.29, 0.717) is 6.54 Å². The van der Waals surface area contributed by atoms with Gasteiger partial charge in [-0.25, -0.2) is 9.18 Å². The van der Waals surface area contributed by atoms with E-state index in [0.717, 1.165) is 31.2 Å². The van der Waals surface area contributed by atoms with Crippen LogP contribution in [0.2, 0.25) is 0 Å². The molecule has 6 heteroatoms. The molecule has 5 nitrogen and oxygen atoms in total. The van der Waals surface area contributed by atoms with Crippen molar-refractivity contribution in [2.75, 3.05) is 13.2 Å². The number of rotatable bonds is 7. The molecule has 2 amide bonds. The monoisotopic (exact) mass is 364 g/mol. The maximum Gasteiger partial charge on any atom is 0.407 e. The van der Waals surface area contributed by atoms with Crippen LogP contribution in [0.5, 0.6) is 0 Å². The first kappa shape index (κ1) is 20.2. The molecule has 1 aliphatic rings. The van der Waals surface area contributed by atoms with Crippen LogP contribution in [0.4, 0.5) is 9.18 Å². The first-order chi connectivity index (χ1) is 12.4. The fraction of sp³-hybridized carbons (Fsp3) is 0.600. The Kier molecular flexibility index (Phi) is 7.00. The second-order valence-electron chi connectivity index (χ2n) is 7.30. The van der Waals surface area contributed by atoms with Crippen molar-refractivity contribution in [1.82, 2.24) is 10.6 Å². The van der Waals surface area contributed by atoms with Gasteiger partial charge in [0.05, 0.1) is 6.61 Å². The summed E-state index contributed by atoms with van der Waals surface area (Å²) in [4.78, 5) is 24.4. The summed E-state index contributed by atoms with van der Waals surface area (Å²) >= 11 is 0. The lowest BCUT2D eigenvalue weighted by Crippen LogP contribution is -2.52. The van der Waals surface area contributed by atoms with Crippen LogP contribution in [-0.2, 0) is 14.9 Å². The molecule has 1 aliphatic carbocycles. The molecule has 2 rings (SSSR count). The molecule has 1 aromatic rings.